The molecular formula is C9H14N2O3. The zero-order valence-corrected chi connectivity index (χ0v) is 8.28. The number of carbonyl (C=O) groups excluding carboxylic acids is 1. The molecule has 0 aromatic carbocycles. The molecule has 5 heteroatoms. The van der Waals surface area contributed by atoms with Gasteiger partial charge in [0.25, 0.3) is 5.91 Å². The van der Waals surface area contributed by atoms with Crippen LogP contribution in [0.1, 0.15) is 29.6 Å². The molecule has 0 bridgehead atoms. The van der Waals surface area contributed by atoms with E-state index in [0.717, 1.165) is 0 Å². The molecule has 0 saturated carbocycles. The van der Waals surface area contributed by atoms with Gasteiger partial charge < -0.3 is 14.9 Å². The van der Waals surface area contributed by atoms with Crippen LogP contribution in [0.3, 0.4) is 0 Å². The van der Waals surface area contributed by atoms with Gasteiger partial charge in [0, 0.05) is 6.07 Å². The van der Waals surface area contributed by atoms with Crippen molar-refractivity contribution in [2.45, 2.75) is 26.3 Å². The van der Waals surface area contributed by atoms with E-state index in [-0.39, 0.29) is 24.3 Å². The molecule has 1 heterocycles. The Kier molecular flexibility index (Phi) is 3.64. The molecule has 0 aliphatic heterocycles. The minimum atomic E-state index is -0.341. The number of aliphatic hydroxyl groups excluding tert-OH is 1. The van der Waals surface area contributed by atoms with Crippen molar-refractivity contribution in [1.82, 2.24) is 10.5 Å². The molecule has 0 spiro atoms. The molecule has 1 amide bonds. The van der Waals surface area contributed by atoms with Crippen LogP contribution in [-0.2, 0) is 0 Å². The average molecular weight is 198 g/mol. The Morgan fingerprint density at radius 1 is 1.79 bits per heavy atom. The largest absolute Gasteiger partial charge is 0.394 e. The summed E-state index contributed by atoms with van der Waals surface area (Å²) in [6.45, 7) is 3.55. The maximum Gasteiger partial charge on any atom is 0.290 e. The highest BCUT2D eigenvalue weighted by molar-refractivity contribution is 5.91. The fourth-order valence-corrected chi connectivity index (χ4v) is 1.00. The fraction of sp³-hybridized carbons (Fsp3) is 0.556. The van der Waals surface area contributed by atoms with Crippen LogP contribution in [0.2, 0.25) is 0 Å². The summed E-state index contributed by atoms with van der Waals surface area (Å²) in [6, 6.07) is 1.33. The molecule has 1 aromatic heterocycles. The van der Waals surface area contributed by atoms with Gasteiger partial charge in [0.15, 0.2) is 0 Å². The molecule has 1 unspecified atom stereocenters. The van der Waals surface area contributed by atoms with Crippen molar-refractivity contribution in [3.05, 3.63) is 17.5 Å². The maximum absolute atomic E-state index is 11.4. The number of aryl methyl sites for hydroxylation is 1. The van der Waals surface area contributed by atoms with E-state index >= 15 is 0 Å². The van der Waals surface area contributed by atoms with Crippen molar-refractivity contribution in [3.8, 4) is 0 Å². The Bertz CT molecular complexity index is 305. The van der Waals surface area contributed by atoms with Gasteiger partial charge in [-0.25, -0.2) is 0 Å². The first-order valence-corrected chi connectivity index (χ1v) is 4.52. The lowest BCUT2D eigenvalue weighted by Crippen LogP contribution is -2.36. The zero-order chi connectivity index (χ0) is 10.6. The van der Waals surface area contributed by atoms with E-state index in [0.29, 0.717) is 12.1 Å². The lowest BCUT2D eigenvalue weighted by Gasteiger charge is -2.11. The molecule has 0 fully saturated rings. The highest BCUT2D eigenvalue weighted by Gasteiger charge is 2.14. The second kappa shape index (κ2) is 4.76. The second-order valence-electron chi connectivity index (χ2n) is 3.09. The predicted octanol–water partition coefficient (Wildman–Crippen LogP) is 0.484. The summed E-state index contributed by atoms with van der Waals surface area (Å²) in [5, 5.41) is 15.1. The van der Waals surface area contributed by atoms with Gasteiger partial charge in [-0.2, -0.15) is 0 Å². The van der Waals surface area contributed by atoms with Gasteiger partial charge >= 0.3 is 0 Å². The highest BCUT2D eigenvalue weighted by atomic mass is 16.5. The van der Waals surface area contributed by atoms with Crippen molar-refractivity contribution in [1.29, 1.82) is 0 Å². The predicted molar refractivity (Wildman–Crippen MR) is 49.9 cm³/mol. The van der Waals surface area contributed by atoms with Crippen LogP contribution < -0.4 is 5.32 Å². The van der Waals surface area contributed by atoms with E-state index in [1.165, 1.54) is 0 Å². The average Bonchev–Trinajstić information content (AvgIpc) is 2.61. The van der Waals surface area contributed by atoms with Gasteiger partial charge in [-0.3, -0.25) is 4.79 Å². The number of nitrogens with one attached hydrogen (secondary N) is 1. The van der Waals surface area contributed by atoms with Gasteiger partial charge in [-0.1, -0.05) is 12.1 Å². The Morgan fingerprint density at radius 2 is 2.50 bits per heavy atom. The van der Waals surface area contributed by atoms with E-state index in [1.54, 1.807) is 13.0 Å². The molecule has 0 radical (unpaired) electrons. The quantitative estimate of drug-likeness (QED) is 0.738. The summed E-state index contributed by atoms with van der Waals surface area (Å²) >= 11 is 0. The Labute approximate surface area is 82.1 Å². The molecule has 78 valence electrons. The van der Waals surface area contributed by atoms with Crippen LogP contribution in [0.15, 0.2) is 10.6 Å². The number of hydrogen-bond acceptors (Lipinski definition) is 4. The SMILES string of the molecule is CCC(CO)NC(=O)c1cc(C)no1. The van der Waals surface area contributed by atoms with Gasteiger partial charge in [0.05, 0.1) is 18.3 Å². The first-order valence-electron chi connectivity index (χ1n) is 4.52. The molecule has 5 nitrogen and oxygen atoms in total. The summed E-state index contributed by atoms with van der Waals surface area (Å²) in [7, 11) is 0. The number of hydrogen-bond donors (Lipinski definition) is 2. The maximum atomic E-state index is 11.4. The molecule has 0 saturated heterocycles. The summed E-state index contributed by atoms with van der Waals surface area (Å²) in [4.78, 5) is 11.4. The van der Waals surface area contributed by atoms with Crippen molar-refractivity contribution < 1.29 is 14.4 Å². The zero-order valence-electron chi connectivity index (χ0n) is 8.28. The minimum absolute atomic E-state index is 0.0740. The number of rotatable bonds is 4. The van der Waals surface area contributed by atoms with Gasteiger partial charge in [0.1, 0.15) is 0 Å². The third-order valence-corrected chi connectivity index (χ3v) is 1.90. The molecule has 2 N–H and O–H groups in total. The van der Waals surface area contributed by atoms with E-state index in [9.17, 15) is 4.79 Å². The standard InChI is InChI=1S/C9H14N2O3/c1-3-7(5-12)10-9(13)8-4-6(2)11-14-8/h4,7,12H,3,5H2,1-2H3,(H,10,13). The van der Waals surface area contributed by atoms with Crippen molar-refractivity contribution in [2.75, 3.05) is 6.61 Å². The first kappa shape index (κ1) is 10.7. The van der Waals surface area contributed by atoms with E-state index < -0.39 is 0 Å². The van der Waals surface area contributed by atoms with Crippen molar-refractivity contribution >= 4 is 5.91 Å². The number of aromatic nitrogens is 1. The molecule has 0 aliphatic rings. The van der Waals surface area contributed by atoms with Crippen molar-refractivity contribution in [3.63, 3.8) is 0 Å². The topological polar surface area (TPSA) is 75.4 Å². The molecule has 1 aromatic rings. The third kappa shape index (κ3) is 2.56. The Morgan fingerprint density at radius 3 is 2.93 bits per heavy atom. The fourth-order valence-electron chi connectivity index (χ4n) is 1.00. The van der Waals surface area contributed by atoms with Crippen molar-refractivity contribution in [2.24, 2.45) is 0 Å². The van der Waals surface area contributed by atoms with Crippen LogP contribution in [-0.4, -0.2) is 28.8 Å². The normalized spacial score (nSPS) is 12.5. The molecule has 1 atom stereocenters. The van der Waals surface area contributed by atoms with Gasteiger partial charge in [0.2, 0.25) is 5.76 Å². The minimum Gasteiger partial charge on any atom is -0.394 e. The first-order chi connectivity index (χ1) is 6.67. The Balaban J connectivity index is 2.58. The molecule has 14 heavy (non-hydrogen) atoms. The van der Waals surface area contributed by atoms with Crippen LogP contribution in [0, 0.1) is 6.92 Å². The third-order valence-electron chi connectivity index (χ3n) is 1.90. The monoisotopic (exact) mass is 198 g/mol. The van der Waals surface area contributed by atoms with Crippen LogP contribution in [0.25, 0.3) is 0 Å². The summed E-state index contributed by atoms with van der Waals surface area (Å²) in [6.07, 6.45) is 0.676. The molecule has 1 rings (SSSR count). The van der Waals surface area contributed by atoms with Crippen LogP contribution in [0.5, 0.6) is 0 Å². The lowest BCUT2D eigenvalue weighted by atomic mass is 10.2. The van der Waals surface area contributed by atoms with Crippen LogP contribution in [0.4, 0.5) is 0 Å². The van der Waals surface area contributed by atoms with Gasteiger partial charge in [-0.05, 0) is 13.3 Å². The number of carbonyl (C=O) groups is 1. The lowest BCUT2D eigenvalue weighted by molar-refractivity contribution is 0.0877. The number of amides is 1. The number of aliphatic hydroxyl groups is 1. The molecule has 0 aliphatic carbocycles. The molecular weight excluding hydrogens is 184 g/mol. The van der Waals surface area contributed by atoms with E-state index in [1.807, 2.05) is 6.92 Å². The summed E-state index contributed by atoms with van der Waals surface area (Å²) in [5.74, 6) is -0.166. The van der Waals surface area contributed by atoms with E-state index in [2.05, 4.69) is 10.5 Å². The number of nitrogens with zero attached hydrogens (tertiary/aromatic N) is 1. The second-order valence-corrected chi connectivity index (χ2v) is 3.09. The summed E-state index contributed by atoms with van der Waals surface area (Å²) in [5.41, 5.74) is 0.659. The van der Waals surface area contributed by atoms with Gasteiger partial charge in [-0.15, -0.1) is 0 Å². The smallest absolute Gasteiger partial charge is 0.290 e. The Hall–Kier alpha value is -1.36. The van der Waals surface area contributed by atoms with E-state index in [4.69, 9.17) is 9.63 Å². The summed E-state index contributed by atoms with van der Waals surface area (Å²) < 4.78 is 4.77. The van der Waals surface area contributed by atoms with Crippen LogP contribution >= 0.6 is 0 Å². The highest BCUT2D eigenvalue weighted by Crippen LogP contribution is 2.02.